The summed E-state index contributed by atoms with van der Waals surface area (Å²) in [6, 6.07) is 8.15. The van der Waals surface area contributed by atoms with Crippen molar-refractivity contribution in [3.05, 3.63) is 52.8 Å². The number of hydrogen-bond acceptors (Lipinski definition) is 4. The molecule has 1 aromatic carbocycles. The fourth-order valence-electron chi connectivity index (χ4n) is 3.05. The van der Waals surface area contributed by atoms with E-state index in [-0.39, 0.29) is 6.09 Å². The number of nitrogens with one attached hydrogen (secondary N) is 3. The molecule has 176 valence electrons. The molecule has 0 unspecified atom stereocenters. The molecule has 0 aliphatic heterocycles. The van der Waals surface area contributed by atoms with E-state index in [1.165, 1.54) is 5.56 Å². The van der Waals surface area contributed by atoms with Crippen LogP contribution < -0.4 is 10.6 Å². The number of guanidine groups is 1. The molecule has 0 atom stereocenters. The topological polar surface area (TPSA) is 94.6 Å². The zero-order valence-electron chi connectivity index (χ0n) is 20.3. The van der Waals surface area contributed by atoms with E-state index >= 15 is 0 Å². The maximum Gasteiger partial charge on any atom is 0.410 e. The van der Waals surface area contributed by atoms with Gasteiger partial charge >= 0.3 is 6.09 Å². The van der Waals surface area contributed by atoms with Crippen LogP contribution in [-0.2, 0) is 24.2 Å². The zero-order chi connectivity index (χ0) is 23.6. The molecule has 0 aliphatic rings. The van der Waals surface area contributed by atoms with Crippen molar-refractivity contribution < 1.29 is 9.53 Å². The molecule has 32 heavy (non-hydrogen) atoms. The fraction of sp³-hybridized carbons (Fsp3) is 0.542. The van der Waals surface area contributed by atoms with Crippen molar-refractivity contribution in [1.82, 2.24) is 25.7 Å². The first kappa shape index (κ1) is 25.2. The standard InChI is InChI=1S/C24H38N6O2/c1-7-25-22(26-14-8-9-21-16-28-29-18(21)2)27-15-19-10-12-20(13-11-19)17-30(6)23(31)32-24(3,4)5/h10-13,16H,7-9,14-15,17H2,1-6H3,(H,28,29)(H2,25,26,27). The Kier molecular flexibility index (Phi) is 9.56. The molecule has 0 fully saturated rings. The van der Waals surface area contributed by atoms with Gasteiger partial charge in [0, 0.05) is 32.4 Å². The quantitative estimate of drug-likeness (QED) is 0.312. The van der Waals surface area contributed by atoms with Crippen LogP contribution in [0.4, 0.5) is 4.79 Å². The third kappa shape index (κ3) is 8.99. The lowest BCUT2D eigenvalue weighted by molar-refractivity contribution is 0.0285. The molecule has 0 saturated heterocycles. The van der Waals surface area contributed by atoms with Gasteiger partial charge in [-0.15, -0.1) is 0 Å². The summed E-state index contributed by atoms with van der Waals surface area (Å²) in [5.41, 5.74) is 4.05. The number of aliphatic imine (C=N–C) groups is 1. The minimum atomic E-state index is -0.496. The Labute approximate surface area is 191 Å². The molecule has 0 aliphatic carbocycles. The summed E-state index contributed by atoms with van der Waals surface area (Å²) in [4.78, 5) is 18.4. The van der Waals surface area contributed by atoms with E-state index in [2.05, 4.69) is 32.7 Å². The van der Waals surface area contributed by atoms with Gasteiger partial charge in [0.15, 0.2) is 5.96 Å². The van der Waals surface area contributed by atoms with Crippen molar-refractivity contribution in [2.75, 3.05) is 20.1 Å². The van der Waals surface area contributed by atoms with E-state index in [0.717, 1.165) is 48.7 Å². The van der Waals surface area contributed by atoms with Crippen LogP contribution in [0.2, 0.25) is 0 Å². The summed E-state index contributed by atoms with van der Waals surface area (Å²) in [5.74, 6) is 0.810. The van der Waals surface area contributed by atoms with Crippen LogP contribution in [0, 0.1) is 6.92 Å². The van der Waals surface area contributed by atoms with Crippen LogP contribution in [-0.4, -0.2) is 52.9 Å². The largest absolute Gasteiger partial charge is 0.444 e. The van der Waals surface area contributed by atoms with E-state index < -0.39 is 5.60 Å². The van der Waals surface area contributed by atoms with Crippen LogP contribution in [0.3, 0.4) is 0 Å². The molecule has 1 aromatic heterocycles. The average Bonchev–Trinajstić information content (AvgIpc) is 3.13. The summed E-state index contributed by atoms with van der Waals surface area (Å²) in [5, 5.41) is 13.7. The molecule has 1 amide bonds. The first-order valence-corrected chi connectivity index (χ1v) is 11.2. The third-order valence-electron chi connectivity index (χ3n) is 4.76. The number of nitrogens with zero attached hydrogens (tertiary/aromatic N) is 3. The van der Waals surface area contributed by atoms with Gasteiger partial charge < -0.3 is 20.3 Å². The van der Waals surface area contributed by atoms with Crippen molar-refractivity contribution in [3.8, 4) is 0 Å². The van der Waals surface area contributed by atoms with Gasteiger partial charge in [-0.05, 0) is 64.2 Å². The van der Waals surface area contributed by atoms with Crippen LogP contribution in [0.1, 0.15) is 56.5 Å². The number of aryl methyl sites for hydroxylation is 2. The average molecular weight is 443 g/mol. The lowest BCUT2D eigenvalue weighted by Gasteiger charge is -2.24. The lowest BCUT2D eigenvalue weighted by Crippen LogP contribution is -2.37. The summed E-state index contributed by atoms with van der Waals surface area (Å²) < 4.78 is 5.40. The van der Waals surface area contributed by atoms with Crippen molar-refractivity contribution in [1.29, 1.82) is 0 Å². The second-order valence-electron chi connectivity index (χ2n) is 8.90. The molecule has 0 spiro atoms. The minimum absolute atomic E-state index is 0.324. The normalized spacial score (nSPS) is 11.9. The third-order valence-corrected chi connectivity index (χ3v) is 4.76. The second-order valence-corrected chi connectivity index (χ2v) is 8.90. The Hall–Kier alpha value is -3.03. The Morgan fingerprint density at radius 2 is 1.88 bits per heavy atom. The van der Waals surface area contributed by atoms with Crippen molar-refractivity contribution in [2.45, 2.75) is 66.2 Å². The van der Waals surface area contributed by atoms with Gasteiger partial charge in [-0.25, -0.2) is 9.79 Å². The number of ether oxygens (including phenoxy) is 1. The van der Waals surface area contributed by atoms with E-state index in [4.69, 9.17) is 4.74 Å². The Balaban J connectivity index is 1.82. The number of benzene rings is 1. The maximum absolute atomic E-state index is 12.1. The van der Waals surface area contributed by atoms with Gasteiger partial charge in [-0.3, -0.25) is 5.10 Å². The summed E-state index contributed by atoms with van der Waals surface area (Å²) in [6.07, 6.45) is 3.55. The number of aromatic nitrogens is 2. The SMILES string of the molecule is CCNC(=NCc1ccc(CN(C)C(=O)OC(C)(C)C)cc1)NCCCc1cn[nH]c1C. The Bertz CT molecular complexity index is 867. The van der Waals surface area contributed by atoms with Gasteiger partial charge in [0.1, 0.15) is 5.60 Å². The fourth-order valence-corrected chi connectivity index (χ4v) is 3.05. The van der Waals surface area contributed by atoms with Gasteiger partial charge in [-0.2, -0.15) is 5.10 Å². The van der Waals surface area contributed by atoms with Crippen LogP contribution in [0.25, 0.3) is 0 Å². The molecule has 0 bridgehead atoms. The predicted octanol–water partition coefficient (Wildman–Crippen LogP) is 3.77. The molecule has 8 nitrogen and oxygen atoms in total. The number of rotatable bonds is 9. The van der Waals surface area contributed by atoms with E-state index in [1.54, 1.807) is 11.9 Å². The smallest absolute Gasteiger partial charge is 0.410 e. The van der Waals surface area contributed by atoms with E-state index in [1.807, 2.05) is 58.2 Å². The molecule has 8 heteroatoms. The van der Waals surface area contributed by atoms with Crippen LogP contribution in [0.15, 0.2) is 35.5 Å². The highest BCUT2D eigenvalue weighted by molar-refractivity contribution is 5.79. The van der Waals surface area contributed by atoms with Gasteiger partial charge in [0.2, 0.25) is 0 Å². The Morgan fingerprint density at radius 1 is 1.19 bits per heavy atom. The number of carbonyl (C=O) groups excluding carboxylic acids is 1. The monoisotopic (exact) mass is 442 g/mol. The number of carbonyl (C=O) groups is 1. The summed E-state index contributed by atoms with van der Waals surface area (Å²) in [6.45, 7) is 12.4. The lowest BCUT2D eigenvalue weighted by atomic mass is 10.1. The predicted molar refractivity (Wildman–Crippen MR) is 129 cm³/mol. The molecule has 1 heterocycles. The van der Waals surface area contributed by atoms with Gasteiger partial charge in [-0.1, -0.05) is 24.3 Å². The Morgan fingerprint density at radius 3 is 2.47 bits per heavy atom. The minimum Gasteiger partial charge on any atom is -0.444 e. The van der Waals surface area contributed by atoms with Crippen molar-refractivity contribution in [2.24, 2.45) is 4.99 Å². The number of aromatic amines is 1. The highest BCUT2D eigenvalue weighted by atomic mass is 16.6. The highest BCUT2D eigenvalue weighted by Crippen LogP contribution is 2.12. The molecular formula is C24H38N6O2. The van der Waals surface area contributed by atoms with Gasteiger partial charge in [0.25, 0.3) is 0 Å². The van der Waals surface area contributed by atoms with Crippen molar-refractivity contribution >= 4 is 12.1 Å². The van der Waals surface area contributed by atoms with Crippen LogP contribution >= 0.6 is 0 Å². The number of amides is 1. The zero-order valence-corrected chi connectivity index (χ0v) is 20.3. The molecule has 2 aromatic rings. The molecule has 0 radical (unpaired) electrons. The molecular weight excluding hydrogens is 404 g/mol. The van der Waals surface area contributed by atoms with E-state index in [0.29, 0.717) is 13.1 Å². The van der Waals surface area contributed by atoms with E-state index in [9.17, 15) is 4.79 Å². The summed E-state index contributed by atoms with van der Waals surface area (Å²) in [7, 11) is 1.74. The highest BCUT2D eigenvalue weighted by Gasteiger charge is 2.19. The molecule has 0 saturated carbocycles. The summed E-state index contributed by atoms with van der Waals surface area (Å²) >= 11 is 0. The first-order chi connectivity index (χ1) is 15.2. The van der Waals surface area contributed by atoms with Crippen LogP contribution in [0.5, 0.6) is 0 Å². The second kappa shape index (κ2) is 12.1. The molecule has 2 rings (SSSR count). The molecule has 3 N–H and O–H groups in total. The number of hydrogen-bond donors (Lipinski definition) is 3. The first-order valence-electron chi connectivity index (χ1n) is 11.2. The van der Waals surface area contributed by atoms with Crippen molar-refractivity contribution in [3.63, 3.8) is 0 Å². The maximum atomic E-state index is 12.1. The number of H-pyrrole nitrogens is 1. The van der Waals surface area contributed by atoms with Gasteiger partial charge in [0.05, 0.1) is 12.7 Å².